The van der Waals surface area contributed by atoms with Crippen LogP contribution in [0.1, 0.15) is 39.5 Å². The minimum absolute atomic E-state index is 0.00800. The van der Waals surface area contributed by atoms with Gasteiger partial charge >= 0.3 is 0 Å². The Morgan fingerprint density at radius 3 is 2.61 bits per heavy atom. The van der Waals surface area contributed by atoms with Crippen LogP contribution in [0.2, 0.25) is 0 Å². The third-order valence-electron chi connectivity index (χ3n) is 4.26. The highest BCUT2D eigenvalue weighted by Gasteiger charge is 2.38. The summed E-state index contributed by atoms with van der Waals surface area (Å²) in [4.78, 5) is 2.44. The lowest BCUT2D eigenvalue weighted by atomic mass is 10.00. The van der Waals surface area contributed by atoms with Crippen LogP contribution in [-0.2, 0) is 10.2 Å². The van der Waals surface area contributed by atoms with Crippen molar-refractivity contribution in [1.82, 2.24) is 13.9 Å². The second-order valence-corrected chi connectivity index (χ2v) is 7.49. The zero-order valence-electron chi connectivity index (χ0n) is 11.6. The second kappa shape index (κ2) is 5.45. The lowest BCUT2D eigenvalue weighted by molar-refractivity contribution is 0.185. The molecule has 0 aromatic rings. The molecule has 2 atom stereocenters. The van der Waals surface area contributed by atoms with Crippen molar-refractivity contribution in [1.29, 1.82) is 0 Å². The summed E-state index contributed by atoms with van der Waals surface area (Å²) in [7, 11) is -1.70. The van der Waals surface area contributed by atoms with Gasteiger partial charge in [-0.1, -0.05) is 6.42 Å². The fraction of sp³-hybridized carbons (Fsp3) is 1.00. The topological polar surface area (TPSA) is 52.7 Å². The molecule has 2 saturated heterocycles. The molecule has 6 heteroatoms. The molecular formula is C12H25N3O2S. The zero-order valence-corrected chi connectivity index (χ0v) is 12.4. The van der Waals surface area contributed by atoms with Gasteiger partial charge in [0.1, 0.15) is 0 Å². The second-order valence-electron chi connectivity index (χ2n) is 5.73. The summed E-state index contributed by atoms with van der Waals surface area (Å²) in [6, 6.07) is 0.497. The molecule has 0 bridgehead atoms. The number of nitrogens with zero attached hydrogens (tertiary/aromatic N) is 2. The van der Waals surface area contributed by atoms with E-state index >= 15 is 0 Å². The molecule has 0 spiro atoms. The van der Waals surface area contributed by atoms with E-state index in [0.717, 1.165) is 25.9 Å². The van der Waals surface area contributed by atoms with Crippen LogP contribution in [-0.4, -0.2) is 55.9 Å². The number of piperidine rings is 1. The number of rotatable bonds is 4. The maximum atomic E-state index is 12.2. The molecule has 2 aliphatic heterocycles. The van der Waals surface area contributed by atoms with Gasteiger partial charge in [-0.25, -0.2) is 0 Å². The number of hydrogen-bond donors (Lipinski definition) is 1. The van der Waals surface area contributed by atoms with E-state index in [2.05, 4.69) is 9.62 Å². The molecule has 18 heavy (non-hydrogen) atoms. The van der Waals surface area contributed by atoms with Gasteiger partial charge in [-0.2, -0.15) is 17.4 Å². The molecule has 0 unspecified atom stereocenters. The van der Waals surface area contributed by atoms with Gasteiger partial charge in [0, 0.05) is 31.7 Å². The fourth-order valence-electron chi connectivity index (χ4n) is 2.94. The van der Waals surface area contributed by atoms with E-state index in [1.54, 1.807) is 7.05 Å². The minimum atomic E-state index is -3.34. The lowest BCUT2D eigenvalue weighted by Crippen LogP contribution is -2.51. The molecule has 0 radical (unpaired) electrons. The van der Waals surface area contributed by atoms with Gasteiger partial charge in [0.2, 0.25) is 0 Å². The van der Waals surface area contributed by atoms with E-state index in [1.165, 1.54) is 17.1 Å². The fourth-order valence-corrected chi connectivity index (χ4v) is 4.32. The molecule has 0 aromatic heterocycles. The maximum Gasteiger partial charge on any atom is 0.279 e. The Balaban J connectivity index is 2.01. The summed E-state index contributed by atoms with van der Waals surface area (Å²) in [5.41, 5.74) is 0. The maximum absolute atomic E-state index is 12.2. The molecule has 0 aromatic carbocycles. The van der Waals surface area contributed by atoms with Crippen LogP contribution in [0, 0.1) is 0 Å². The Hall–Kier alpha value is -0.170. The predicted molar refractivity (Wildman–Crippen MR) is 72.6 cm³/mol. The molecule has 0 amide bonds. The molecule has 1 N–H and O–H groups in total. The Kier molecular flexibility index (Phi) is 4.31. The van der Waals surface area contributed by atoms with Crippen LogP contribution in [0.4, 0.5) is 0 Å². The highest BCUT2D eigenvalue weighted by molar-refractivity contribution is 7.87. The van der Waals surface area contributed by atoms with Crippen LogP contribution in [0.5, 0.6) is 0 Å². The average molecular weight is 275 g/mol. The van der Waals surface area contributed by atoms with Crippen molar-refractivity contribution < 1.29 is 8.42 Å². The van der Waals surface area contributed by atoms with Crippen LogP contribution in [0.15, 0.2) is 0 Å². The SMILES string of the molecule is CC(C)N(C)S(=O)(=O)N[C@H]1CCN2CCCC[C@@H]12. The first-order chi connectivity index (χ1) is 8.42. The van der Waals surface area contributed by atoms with Crippen molar-refractivity contribution in [3.8, 4) is 0 Å². The molecule has 2 fully saturated rings. The molecule has 2 rings (SSSR count). The van der Waals surface area contributed by atoms with Crippen molar-refractivity contribution in [2.45, 2.75) is 57.7 Å². The summed E-state index contributed by atoms with van der Waals surface area (Å²) in [5, 5.41) is 0. The average Bonchev–Trinajstić information content (AvgIpc) is 2.71. The standard InChI is InChI=1S/C12H25N3O2S/c1-10(2)14(3)18(16,17)13-11-7-9-15-8-5-4-6-12(11)15/h10-13H,4-9H2,1-3H3/t11-,12-/m0/s1. The van der Waals surface area contributed by atoms with Crippen LogP contribution in [0.25, 0.3) is 0 Å². The van der Waals surface area contributed by atoms with Crippen LogP contribution in [0.3, 0.4) is 0 Å². The smallest absolute Gasteiger partial charge is 0.279 e. The van der Waals surface area contributed by atoms with Crippen molar-refractivity contribution in [2.75, 3.05) is 20.1 Å². The van der Waals surface area contributed by atoms with Gasteiger partial charge in [0.15, 0.2) is 0 Å². The largest absolute Gasteiger partial charge is 0.299 e. The molecule has 106 valence electrons. The van der Waals surface area contributed by atoms with Gasteiger partial charge in [-0.05, 0) is 39.7 Å². The highest BCUT2D eigenvalue weighted by atomic mass is 32.2. The molecular weight excluding hydrogens is 250 g/mol. The molecule has 2 aliphatic rings. The normalized spacial score (nSPS) is 30.1. The van der Waals surface area contributed by atoms with E-state index in [-0.39, 0.29) is 12.1 Å². The first-order valence-corrected chi connectivity index (χ1v) is 8.35. The summed E-state index contributed by atoms with van der Waals surface area (Å²) >= 11 is 0. The highest BCUT2D eigenvalue weighted by Crippen LogP contribution is 2.27. The Morgan fingerprint density at radius 2 is 1.94 bits per heavy atom. The summed E-state index contributed by atoms with van der Waals surface area (Å²) in [6.45, 7) is 5.94. The summed E-state index contributed by atoms with van der Waals surface area (Å²) in [6.07, 6.45) is 4.54. The van der Waals surface area contributed by atoms with Gasteiger partial charge in [-0.15, -0.1) is 0 Å². The van der Waals surface area contributed by atoms with Crippen molar-refractivity contribution in [2.24, 2.45) is 0 Å². The molecule has 2 heterocycles. The van der Waals surface area contributed by atoms with Gasteiger partial charge < -0.3 is 0 Å². The summed E-state index contributed by atoms with van der Waals surface area (Å²) in [5.74, 6) is 0. The van der Waals surface area contributed by atoms with Crippen molar-refractivity contribution >= 4 is 10.2 Å². The zero-order chi connectivity index (χ0) is 13.3. The Labute approximate surface area is 111 Å². The number of hydrogen-bond acceptors (Lipinski definition) is 3. The van der Waals surface area contributed by atoms with E-state index in [0.29, 0.717) is 6.04 Å². The van der Waals surface area contributed by atoms with Gasteiger partial charge in [0.05, 0.1) is 0 Å². The minimum Gasteiger partial charge on any atom is -0.299 e. The summed E-state index contributed by atoms with van der Waals surface area (Å²) < 4.78 is 28.7. The van der Waals surface area contributed by atoms with Gasteiger partial charge in [0.25, 0.3) is 10.2 Å². The Morgan fingerprint density at radius 1 is 1.22 bits per heavy atom. The number of fused-ring (bicyclic) bond motifs is 1. The van der Waals surface area contributed by atoms with Crippen LogP contribution >= 0.6 is 0 Å². The Bertz CT molecular complexity index is 383. The first kappa shape index (κ1) is 14.2. The van der Waals surface area contributed by atoms with E-state index in [1.807, 2.05) is 13.8 Å². The van der Waals surface area contributed by atoms with Crippen molar-refractivity contribution in [3.05, 3.63) is 0 Å². The third-order valence-corrected chi connectivity index (χ3v) is 6.04. The molecule has 5 nitrogen and oxygen atoms in total. The molecule has 0 saturated carbocycles. The quantitative estimate of drug-likeness (QED) is 0.825. The predicted octanol–water partition coefficient (Wildman–Crippen LogP) is 0.788. The van der Waals surface area contributed by atoms with E-state index < -0.39 is 10.2 Å². The van der Waals surface area contributed by atoms with Crippen LogP contribution < -0.4 is 4.72 Å². The number of nitrogens with one attached hydrogen (secondary N) is 1. The third kappa shape index (κ3) is 2.87. The van der Waals surface area contributed by atoms with Gasteiger partial charge in [-0.3, -0.25) is 4.90 Å². The molecule has 0 aliphatic carbocycles. The first-order valence-electron chi connectivity index (χ1n) is 6.91. The van der Waals surface area contributed by atoms with E-state index in [4.69, 9.17) is 0 Å². The monoisotopic (exact) mass is 275 g/mol. The van der Waals surface area contributed by atoms with E-state index in [9.17, 15) is 8.42 Å². The lowest BCUT2D eigenvalue weighted by Gasteiger charge is -2.33. The van der Waals surface area contributed by atoms with Crippen molar-refractivity contribution in [3.63, 3.8) is 0 Å².